The molecule has 208 valence electrons. The monoisotopic (exact) mass is 588 g/mol. The van der Waals surface area contributed by atoms with Crippen molar-refractivity contribution < 1.29 is 19.4 Å². The van der Waals surface area contributed by atoms with E-state index < -0.39 is 12.6 Å². The van der Waals surface area contributed by atoms with Crippen LogP contribution in [0.5, 0.6) is 5.75 Å². The second kappa shape index (κ2) is 12.1. The van der Waals surface area contributed by atoms with E-state index in [1.807, 2.05) is 42.5 Å². The number of carbonyl (C=O) groups is 1. The summed E-state index contributed by atoms with van der Waals surface area (Å²) in [6.07, 6.45) is 0.179. The van der Waals surface area contributed by atoms with E-state index in [9.17, 15) is 9.90 Å². The summed E-state index contributed by atoms with van der Waals surface area (Å²) in [5.74, 6) is -0.268. The minimum atomic E-state index is -1.07. The molecule has 4 atom stereocenters. The molecule has 0 unspecified atom stereocenters. The topological polar surface area (TPSA) is 55.8 Å². The summed E-state index contributed by atoms with van der Waals surface area (Å²) in [6, 6.07) is 19.7. The van der Waals surface area contributed by atoms with Crippen LogP contribution in [0, 0.1) is 11.8 Å². The van der Waals surface area contributed by atoms with Crippen LogP contribution in [0.3, 0.4) is 0 Å². The second-order valence-electron chi connectivity index (χ2n) is 11.6. The molecule has 0 amide bonds. The van der Waals surface area contributed by atoms with Gasteiger partial charge in [-0.2, -0.15) is 0 Å². The Hall–Kier alpha value is -2.24. The summed E-state index contributed by atoms with van der Waals surface area (Å²) in [5.41, 5.74) is 3.78. The van der Waals surface area contributed by atoms with Gasteiger partial charge in [0.25, 0.3) is 0 Å². The highest BCUT2D eigenvalue weighted by Crippen LogP contribution is 2.54. The number of carboxylic acids is 1. The van der Waals surface area contributed by atoms with Gasteiger partial charge in [-0.1, -0.05) is 93.7 Å². The summed E-state index contributed by atoms with van der Waals surface area (Å²) >= 11 is 19.2. The molecule has 1 aliphatic heterocycles. The van der Waals surface area contributed by atoms with Crippen LogP contribution in [0.2, 0.25) is 15.1 Å². The maximum absolute atomic E-state index is 11.4. The molecule has 4 rings (SSSR count). The zero-order chi connectivity index (χ0) is 28.5. The van der Waals surface area contributed by atoms with Gasteiger partial charge in [-0.05, 0) is 76.8 Å². The molecule has 4 nitrogen and oxygen atoms in total. The van der Waals surface area contributed by atoms with Gasteiger partial charge in [0, 0.05) is 21.5 Å². The Morgan fingerprint density at radius 2 is 1.51 bits per heavy atom. The molecule has 0 radical (unpaired) electrons. The van der Waals surface area contributed by atoms with E-state index in [0.29, 0.717) is 20.8 Å². The van der Waals surface area contributed by atoms with Gasteiger partial charge in [-0.15, -0.1) is 0 Å². The van der Waals surface area contributed by atoms with Gasteiger partial charge in [-0.25, -0.2) is 4.79 Å². The third-order valence-corrected chi connectivity index (χ3v) is 8.30. The standard InChI is InChI=1S/C32H35Cl3O4/c1-18(2)24-16-25(19-6-10-22(33)11-7-19)29(20-8-12-23(34)13-9-20)39-30(24)26-14-21(32(3,4)5)15-27(35)31(26)38-17-28(36)37/h6-15,18,24-25,29-30H,16-17H2,1-5H3,(H,36,37)/t24-,25-,29+,30+/m0/s1. The number of hydrogen-bond acceptors (Lipinski definition) is 3. The van der Waals surface area contributed by atoms with Crippen LogP contribution in [-0.4, -0.2) is 17.7 Å². The molecule has 1 heterocycles. The van der Waals surface area contributed by atoms with Crippen molar-refractivity contribution in [2.45, 2.75) is 64.6 Å². The Labute approximate surface area is 246 Å². The Morgan fingerprint density at radius 1 is 0.949 bits per heavy atom. The van der Waals surface area contributed by atoms with Gasteiger partial charge in [0.15, 0.2) is 6.61 Å². The summed E-state index contributed by atoms with van der Waals surface area (Å²) in [4.78, 5) is 11.4. The predicted octanol–water partition coefficient (Wildman–Crippen LogP) is 9.67. The molecule has 3 aromatic rings. The first kappa shape index (κ1) is 29.7. The Kier molecular flexibility index (Phi) is 9.22. The highest BCUT2D eigenvalue weighted by molar-refractivity contribution is 6.32. The molecule has 7 heteroatoms. The van der Waals surface area contributed by atoms with Gasteiger partial charge in [0.05, 0.1) is 17.2 Å². The normalized spacial score (nSPS) is 21.7. The minimum absolute atomic E-state index is 0.0664. The quantitative estimate of drug-likeness (QED) is 0.298. The molecule has 1 N–H and O–H groups in total. The summed E-state index contributed by atoms with van der Waals surface area (Å²) in [5, 5.41) is 11.1. The average molecular weight is 590 g/mol. The Morgan fingerprint density at radius 3 is 2.03 bits per heavy atom. The molecular formula is C32H35Cl3O4. The predicted molar refractivity (Wildman–Crippen MR) is 158 cm³/mol. The lowest BCUT2D eigenvalue weighted by molar-refractivity contribution is -0.139. The molecule has 0 bridgehead atoms. The Balaban J connectivity index is 1.88. The molecule has 1 fully saturated rings. The molecule has 0 spiro atoms. The van der Waals surface area contributed by atoms with Crippen LogP contribution >= 0.6 is 34.8 Å². The molecule has 1 aliphatic rings. The fourth-order valence-electron chi connectivity index (χ4n) is 5.35. The zero-order valence-electron chi connectivity index (χ0n) is 22.9. The second-order valence-corrected chi connectivity index (χ2v) is 12.9. The summed E-state index contributed by atoms with van der Waals surface area (Å²) in [7, 11) is 0. The zero-order valence-corrected chi connectivity index (χ0v) is 25.1. The fraction of sp³-hybridized carbons (Fsp3) is 0.406. The van der Waals surface area contributed by atoms with E-state index in [0.717, 1.165) is 28.7 Å². The van der Waals surface area contributed by atoms with Crippen molar-refractivity contribution >= 4 is 40.8 Å². The largest absolute Gasteiger partial charge is 0.480 e. The molecular weight excluding hydrogens is 555 g/mol. The van der Waals surface area contributed by atoms with Crippen molar-refractivity contribution in [1.82, 2.24) is 0 Å². The smallest absolute Gasteiger partial charge is 0.341 e. The van der Waals surface area contributed by atoms with E-state index in [4.69, 9.17) is 44.3 Å². The SMILES string of the molecule is CC(C)[C@@H]1C[C@@H](c2ccc(Cl)cc2)[C@@H](c2ccc(Cl)cc2)O[C@H]1c1cc(C(C)(C)C)cc(Cl)c1OCC(=O)O. The van der Waals surface area contributed by atoms with E-state index >= 15 is 0 Å². The third-order valence-electron chi connectivity index (χ3n) is 7.51. The number of aliphatic carboxylic acids is 1. The molecule has 0 aliphatic carbocycles. The number of ether oxygens (including phenoxy) is 2. The van der Waals surface area contributed by atoms with E-state index in [2.05, 4.69) is 52.8 Å². The van der Waals surface area contributed by atoms with Crippen LogP contribution in [0.4, 0.5) is 0 Å². The molecule has 3 aromatic carbocycles. The first-order chi connectivity index (χ1) is 18.3. The van der Waals surface area contributed by atoms with Crippen LogP contribution in [0.15, 0.2) is 60.7 Å². The van der Waals surface area contributed by atoms with Crippen LogP contribution < -0.4 is 4.74 Å². The number of halogens is 3. The van der Waals surface area contributed by atoms with Crippen molar-refractivity contribution in [3.63, 3.8) is 0 Å². The third kappa shape index (κ3) is 6.92. The molecule has 1 saturated heterocycles. The lowest BCUT2D eigenvalue weighted by atomic mass is 9.72. The minimum Gasteiger partial charge on any atom is -0.480 e. The van der Waals surface area contributed by atoms with E-state index in [-0.39, 0.29) is 35.4 Å². The van der Waals surface area contributed by atoms with E-state index in [1.54, 1.807) is 0 Å². The van der Waals surface area contributed by atoms with Crippen LogP contribution in [0.25, 0.3) is 0 Å². The van der Waals surface area contributed by atoms with Gasteiger partial charge >= 0.3 is 5.97 Å². The molecule has 0 saturated carbocycles. The summed E-state index contributed by atoms with van der Waals surface area (Å²) < 4.78 is 12.9. The van der Waals surface area contributed by atoms with Gasteiger partial charge < -0.3 is 14.6 Å². The van der Waals surface area contributed by atoms with E-state index in [1.165, 1.54) is 0 Å². The first-order valence-electron chi connectivity index (χ1n) is 13.2. The fourth-order valence-corrected chi connectivity index (χ4v) is 5.88. The number of hydrogen-bond donors (Lipinski definition) is 1. The summed E-state index contributed by atoms with van der Waals surface area (Å²) in [6.45, 7) is 10.2. The number of benzene rings is 3. The maximum Gasteiger partial charge on any atom is 0.341 e. The van der Waals surface area contributed by atoms with Gasteiger partial charge in [0.1, 0.15) is 5.75 Å². The number of rotatable bonds is 7. The van der Waals surface area contributed by atoms with Gasteiger partial charge in [-0.3, -0.25) is 0 Å². The molecule has 39 heavy (non-hydrogen) atoms. The average Bonchev–Trinajstić information content (AvgIpc) is 2.87. The van der Waals surface area contributed by atoms with Crippen molar-refractivity contribution in [2.24, 2.45) is 11.8 Å². The van der Waals surface area contributed by atoms with Crippen molar-refractivity contribution in [1.29, 1.82) is 0 Å². The lowest BCUT2D eigenvalue weighted by Crippen LogP contribution is -2.34. The molecule has 0 aromatic heterocycles. The van der Waals surface area contributed by atoms with Crippen LogP contribution in [-0.2, 0) is 14.9 Å². The van der Waals surface area contributed by atoms with Gasteiger partial charge in [0.2, 0.25) is 0 Å². The number of carboxylic acid groups (broad SMARTS) is 1. The first-order valence-corrected chi connectivity index (χ1v) is 14.3. The highest BCUT2D eigenvalue weighted by atomic mass is 35.5. The maximum atomic E-state index is 11.4. The lowest BCUT2D eigenvalue weighted by Gasteiger charge is -2.45. The highest BCUT2D eigenvalue weighted by Gasteiger charge is 2.43. The van der Waals surface area contributed by atoms with Crippen molar-refractivity contribution in [2.75, 3.05) is 6.61 Å². The van der Waals surface area contributed by atoms with Crippen molar-refractivity contribution in [3.8, 4) is 5.75 Å². The van der Waals surface area contributed by atoms with Crippen LogP contribution in [0.1, 0.15) is 81.4 Å². The Bertz CT molecular complexity index is 1300. The van der Waals surface area contributed by atoms with Crippen molar-refractivity contribution in [3.05, 3.63) is 98.0 Å².